The van der Waals surface area contributed by atoms with Gasteiger partial charge in [-0.15, -0.1) is 0 Å². The number of likely N-dealkylation sites (N-methyl/N-ethyl adjacent to an activating group) is 1. The van der Waals surface area contributed by atoms with Crippen LogP contribution in [0.5, 0.6) is 0 Å². The third-order valence-corrected chi connectivity index (χ3v) is 17.6. The van der Waals surface area contributed by atoms with Gasteiger partial charge in [0.05, 0.1) is 39.9 Å². The third kappa shape index (κ3) is 64.5. The van der Waals surface area contributed by atoms with Crippen LogP contribution in [0.1, 0.15) is 373 Å². The number of amides is 1. The first-order valence-electron chi connectivity index (χ1n) is 35.7. The number of hydrogen-bond acceptors (Lipinski definition) is 6. The van der Waals surface area contributed by atoms with E-state index >= 15 is 0 Å². The molecule has 3 atom stereocenters. The van der Waals surface area contributed by atoms with E-state index in [1.54, 1.807) is 6.08 Å². The van der Waals surface area contributed by atoms with Crippen molar-refractivity contribution >= 4 is 13.7 Å². The van der Waals surface area contributed by atoms with Crippen LogP contribution in [0, 0.1) is 0 Å². The molecule has 0 saturated carbocycles. The first kappa shape index (κ1) is 79.0. The van der Waals surface area contributed by atoms with E-state index in [0.29, 0.717) is 17.4 Å². The number of aliphatic hydroxyl groups is 1. The Morgan fingerprint density at radius 2 is 0.688 bits per heavy atom. The van der Waals surface area contributed by atoms with Gasteiger partial charge in [0, 0.05) is 6.42 Å². The Morgan fingerprint density at radius 1 is 0.425 bits per heavy atom. The van der Waals surface area contributed by atoms with E-state index in [-0.39, 0.29) is 19.1 Å². The lowest BCUT2D eigenvalue weighted by molar-refractivity contribution is -0.870. The summed E-state index contributed by atoms with van der Waals surface area (Å²) in [6.45, 7) is 4.71. The van der Waals surface area contributed by atoms with Crippen LogP contribution >= 0.6 is 7.82 Å². The summed E-state index contributed by atoms with van der Waals surface area (Å²) in [5.41, 5.74) is 0. The number of carbonyl (C=O) groups is 1. The molecule has 0 aliphatic rings. The van der Waals surface area contributed by atoms with E-state index in [0.717, 1.165) is 38.5 Å². The number of nitrogens with zero attached hydrogens (tertiary/aromatic N) is 1. The molecular weight excluding hydrogens is 1010 g/mol. The number of quaternary nitrogens is 1. The molecule has 80 heavy (non-hydrogen) atoms. The minimum atomic E-state index is -4.60. The molecule has 1 amide bonds. The molecule has 2 N–H and O–H groups in total. The van der Waals surface area contributed by atoms with E-state index in [2.05, 4.69) is 31.3 Å². The number of allylic oxidation sites excluding steroid dienone is 3. The summed E-state index contributed by atoms with van der Waals surface area (Å²) in [4.78, 5) is 25.6. The molecule has 9 heteroatoms. The maximum Gasteiger partial charge on any atom is 0.268 e. The number of hydrogen-bond donors (Lipinski definition) is 2. The average molecular weight is 1150 g/mol. The molecule has 0 saturated heterocycles. The number of rotatable bonds is 67. The topological polar surface area (TPSA) is 108 Å². The van der Waals surface area contributed by atoms with Crippen molar-refractivity contribution in [1.82, 2.24) is 5.32 Å². The highest BCUT2D eigenvalue weighted by Gasteiger charge is 2.23. The van der Waals surface area contributed by atoms with Crippen molar-refractivity contribution in [2.45, 2.75) is 386 Å². The highest BCUT2D eigenvalue weighted by molar-refractivity contribution is 7.45. The molecule has 0 spiro atoms. The standard InChI is InChI=1S/C71H141N2O6P/c1-6-8-10-12-14-16-18-20-22-24-26-28-30-32-33-34-35-36-37-38-39-41-43-45-47-49-51-53-55-57-59-61-63-65-71(75)72-69(68-79-80(76,77)78-67-66-73(3,4)5)70(74)64-62-60-58-56-54-52-50-48-46-44-42-40-31-29-27-25-23-21-19-17-15-13-11-9-7-2/h24,26,62,64,69-70,74H,6-23,25,27-61,63,65-68H2,1-5H3,(H-,72,75,76,77)/b26-24-,64-62+. The van der Waals surface area contributed by atoms with Crippen LogP contribution in [-0.4, -0.2) is 68.5 Å². The normalized spacial score (nSPS) is 13.7. The summed E-state index contributed by atoms with van der Waals surface area (Å²) < 4.78 is 23.5. The first-order chi connectivity index (χ1) is 39.0. The quantitative estimate of drug-likeness (QED) is 0.0272. The van der Waals surface area contributed by atoms with Gasteiger partial charge in [-0.1, -0.05) is 346 Å². The number of phosphoric ester groups is 1. The number of phosphoric acid groups is 1. The predicted octanol–water partition coefficient (Wildman–Crippen LogP) is 22.0. The number of carbonyl (C=O) groups excluding carboxylic acids is 1. The van der Waals surface area contributed by atoms with E-state index in [1.165, 1.54) is 315 Å². The molecule has 0 aromatic carbocycles. The Bertz CT molecular complexity index is 1350. The second-order valence-corrected chi connectivity index (χ2v) is 27.4. The highest BCUT2D eigenvalue weighted by atomic mass is 31.2. The van der Waals surface area contributed by atoms with Crippen LogP contribution in [0.4, 0.5) is 0 Å². The van der Waals surface area contributed by atoms with Crippen molar-refractivity contribution in [1.29, 1.82) is 0 Å². The van der Waals surface area contributed by atoms with Gasteiger partial charge in [-0.3, -0.25) is 9.36 Å². The van der Waals surface area contributed by atoms with Crippen molar-refractivity contribution in [3.05, 3.63) is 24.3 Å². The summed E-state index contributed by atoms with van der Waals surface area (Å²) >= 11 is 0. The van der Waals surface area contributed by atoms with Gasteiger partial charge in [-0.05, 0) is 44.9 Å². The lowest BCUT2D eigenvalue weighted by Crippen LogP contribution is -2.45. The molecule has 476 valence electrons. The number of aliphatic hydroxyl groups excluding tert-OH is 1. The van der Waals surface area contributed by atoms with Gasteiger partial charge in [0.1, 0.15) is 13.2 Å². The summed E-state index contributed by atoms with van der Waals surface area (Å²) in [5, 5.41) is 14.0. The largest absolute Gasteiger partial charge is 0.756 e. The highest BCUT2D eigenvalue weighted by Crippen LogP contribution is 2.38. The minimum absolute atomic E-state index is 0.00208. The Hall–Kier alpha value is -1.02. The zero-order valence-electron chi connectivity index (χ0n) is 54.6. The van der Waals surface area contributed by atoms with Crippen LogP contribution in [0.15, 0.2) is 24.3 Å². The summed E-state index contributed by atoms with van der Waals surface area (Å²) in [7, 11) is 1.28. The van der Waals surface area contributed by atoms with Gasteiger partial charge in [-0.25, -0.2) is 0 Å². The summed E-state index contributed by atoms with van der Waals surface area (Å²) in [6, 6.07) is -0.885. The monoisotopic (exact) mass is 1150 g/mol. The molecule has 0 aliphatic heterocycles. The van der Waals surface area contributed by atoms with Crippen LogP contribution in [0.25, 0.3) is 0 Å². The molecule has 8 nitrogen and oxygen atoms in total. The molecule has 0 aromatic rings. The molecule has 0 bridgehead atoms. The van der Waals surface area contributed by atoms with Crippen molar-refractivity contribution in [3.8, 4) is 0 Å². The molecule has 0 aliphatic carbocycles. The lowest BCUT2D eigenvalue weighted by Gasteiger charge is -2.29. The Balaban J connectivity index is 4.01. The van der Waals surface area contributed by atoms with Crippen molar-refractivity contribution < 1.29 is 32.9 Å². The van der Waals surface area contributed by atoms with Crippen LogP contribution in [0.3, 0.4) is 0 Å². The van der Waals surface area contributed by atoms with Gasteiger partial charge in [0.15, 0.2) is 0 Å². The van der Waals surface area contributed by atoms with E-state index in [4.69, 9.17) is 9.05 Å². The van der Waals surface area contributed by atoms with E-state index in [9.17, 15) is 19.4 Å². The second-order valence-electron chi connectivity index (χ2n) is 25.9. The fraction of sp³-hybridized carbons (Fsp3) is 0.930. The molecule has 3 unspecified atom stereocenters. The smallest absolute Gasteiger partial charge is 0.268 e. The molecule has 0 heterocycles. The minimum Gasteiger partial charge on any atom is -0.756 e. The van der Waals surface area contributed by atoms with Crippen LogP contribution in [-0.2, 0) is 18.4 Å². The zero-order chi connectivity index (χ0) is 58.4. The van der Waals surface area contributed by atoms with Crippen LogP contribution < -0.4 is 10.2 Å². The first-order valence-corrected chi connectivity index (χ1v) is 37.2. The van der Waals surface area contributed by atoms with Gasteiger partial charge in [0.25, 0.3) is 7.82 Å². The Kier molecular flexibility index (Phi) is 61.7. The van der Waals surface area contributed by atoms with Crippen molar-refractivity contribution in [2.24, 2.45) is 0 Å². The van der Waals surface area contributed by atoms with Gasteiger partial charge in [-0.2, -0.15) is 0 Å². The second kappa shape index (κ2) is 62.5. The third-order valence-electron chi connectivity index (χ3n) is 16.7. The molecule has 0 radical (unpaired) electrons. The van der Waals surface area contributed by atoms with Gasteiger partial charge < -0.3 is 28.8 Å². The summed E-state index contributed by atoms with van der Waals surface area (Å²) in [6.07, 6.45) is 81.6. The average Bonchev–Trinajstić information content (AvgIpc) is 3.42. The fourth-order valence-corrected chi connectivity index (χ4v) is 11.8. The Morgan fingerprint density at radius 3 is 0.975 bits per heavy atom. The van der Waals surface area contributed by atoms with Crippen molar-refractivity contribution in [3.63, 3.8) is 0 Å². The number of nitrogens with one attached hydrogen (secondary N) is 1. The predicted molar refractivity (Wildman–Crippen MR) is 349 cm³/mol. The van der Waals surface area contributed by atoms with E-state index < -0.39 is 20.0 Å². The molecular formula is C71H141N2O6P. The van der Waals surface area contributed by atoms with Gasteiger partial charge >= 0.3 is 0 Å². The Labute approximate surface area is 500 Å². The molecule has 0 rings (SSSR count). The lowest BCUT2D eigenvalue weighted by atomic mass is 10.0. The molecule has 0 fully saturated rings. The van der Waals surface area contributed by atoms with Crippen molar-refractivity contribution in [2.75, 3.05) is 40.9 Å². The van der Waals surface area contributed by atoms with E-state index in [1.807, 2.05) is 27.2 Å². The number of unbranched alkanes of at least 4 members (excludes halogenated alkanes) is 52. The maximum atomic E-state index is 13.0. The SMILES string of the molecule is CCCCCCCCCC/C=C\CCCCCCCCCCCCCCCCCCCCCCCC(=O)NC(COP(=O)([O-])OCC[N+](C)(C)C)C(O)/C=C/CCCCCCCCCCCCCCCCCCCCCCCCC. The zero-order valence-corrected chi connectivity index (χ0v) is 55.5. The van der Waals surface area contributed by atoms with Gasteiger partial charge in [0.2, 0.25) is 5.91 Å². The fourth-order valence-electron chi connectivity index (χ4n) is 11.1. The van der Waals surface area contributed by atoms with Crippen LogP contribution in [0.2, 0.25) is 0 Å². The summed E-state index contributed by atoms with van der Waals surface area (Å²) in [5.74, 6) is -0.188. The maximum absolute atomic E-state index is 13.0. The molecule has 0 aromatic heterocycles.